The van der Waals surface area contributed by atoms with Crippen molar-refractivity contribution in [3.63, 3.8) is 0 Å². The summed E-state index contributed by atoms with van der Waals surface area (Å²) in [6.45, 7) is 4.04. The normalized spacial score (nSPS) is 14.0. The second-order valence-electron chi connectivity index (χ2n) is 8.85. The quantitative estimate of drug-likeness (QED) is 0.448. The van der Waals surface area contributed by atoms with Crippen molar-refractivity contribution in [2.75, 3.05) is 55.4 Å². The van der Waals surface area contributed by atoms with E-state index in [4.69, 9.17) is 4.74 Å². The van der Waals surface area contributed by atoms with Crippen LogP contribution in [0, 0.1) is 0 Å². The standard InChI is InChI=1S/C27H32N6O4/c1-4-28-26-29-18-22-24(30-26)31(2)15-16-33(25(22)34)20-11-8-12-21(17-20)37-23(13-14-32(3)27(35)36)19-9-6-5-7-10-19/h5-12,17-18,23H,4,13-16H2,1-3H3,(H,35,36)(H,28,29,30)/t23-/m0/s1. The van der Waals surface area contributed by atoms with Gasteiger partial charge in [0.15, 0.2) is 0 Å². The van der Waals surface area contributed by atoms with E-state index in [1.165, 1.54) is 11.9 Å². The Labute approximate surface area is 216 Å². The van der Waals surface area contributed by atoms with Gasteiger partial charge < -0.3 is 29.9 Å². The molecule has 10 nitrogen and oxygen atoms in total. The second-order valence-corrected chi connectivity index (χ2v) is 8.85. The number of carbonyl (C=O) groups excluding carboxylic acids is 1. The van der Waals surface area contributed by atoms with Gasteiger partial charge in [0, 0.05) is 64.6 Å². The highest BCUT2D eigenvalue weighted by Gasteiger charge is 2.28. The Bertz CT molecular complexity index is 1240. The van der Waals surface area contributed by atoms with E-state index in [1.807, 2.05) is 73.5 Å². The fourth-order valence-corrected chi connectivity index (χ4v) is 4.16. The fraction of sp³-hybridized carbons (Fsp3) is 0.333. The molecule has 10 heteroatoms. The summed E-state index contributed by atoms with van der Waals surface area (Å²) in [5, 5.41) is 12.3. The van der Waals surface area contributed by atoms with Crippen LogP contribution in [0.1, 0.15) is 35.4 Å². The van der Waals surface area contributed by atoms with Gasteiger partial charge in [-0.15, -0.1) is 0 Å². The van der Waals surface area contributed by atoms with E-state index in [1.54, 1.807) is 11.1 Å². The van der Waals surface area contributed by atoms with E-state index >= 15 is 0 Å². The molecule has 3 aromatic rings. The zero-order valence-electron chi connectivity index (χ0n) is 21.3. The van der Waals surface area contributed by atoms with Crippen molar-refractivity contribution in [3.05, 3.63) is 71.9 Å². The average molecular weight is 505 g/mol. The molecule has 0 radical (unpaired) electrons. The van der Waals surface area contributed by atoms with Gasteiger partial charge in [-0.1, -0.05) is 36.4 Å². The number of likely N-dealkylation sites (N-methyl/N-ethyl adjacent to an activating group) is 1. The molecule has 1 aromatic heterocycles. The molecule has 0 saturated heterocycles. The van der Waals surface area contributed by atoms with Gasteiger partial charge in [-0.05, 0) is 24.6 Å². The predicted octanol–water partition coefficient (Wildman–Crippen LogP) is 4.13. The Morgan fingerprint density at radius 3 is 2.70 bits per heavy atom. The third-order valence-corrected chi connectivity index (χ3v) is 6.23. The molecule has 2 aromatic carbocycles. The molecule has 0 unspecified atom stereocenters. The first-order valence-electron chi connectivity index (χ1n) is 12.3. The summed E-state index contributed by atoms with van der Waals surface area (Å²) < 4.78 is 6.36. The Morgan fingerprint density at radius 1 is 1.19 bits per heavy atom. The van der Waals surface area contributed by atoms with Gasteiger partial charge >= 0.3 is 6.09 Å². The number of fused-ring (bicyclic) bond motifs is 1. The topological polar surface area (TPSA) is 111 Å². The molecule has 2 heterocycles. The molecule has 1 aliphatic heterocycles. The van der Waals surface area contributed by atoms with Crippen LogP contribution >= 0.6 is 0 Å². The molecule has 1 atom stereocenters. The zero-order chi connectivity index (χ0) is 26.4. The minimum atomic E-state index is -0.986. The van der Waals surface area contributed by atoms with Gasteiger partial charge in [-0.25, -0.2) is 9.78 Å². The van der Waals surface area contributed by atoms with Crippen molar-refractivity contribution in [1.82, 2.24) is 14.9 Å². The zero-order valence-corrected chi connectivity index (χ0v) is 21.3. The van der Waals surface area contributed by atoms with E-state index in [0.717, 1.165) is 5.56 Å². The summed E-state index contributed by atoms with van der Waals surface area (Å²) >= 11 is 0. The first kappa shape index (κ1) is 25.7. The van der Waals surface area contributed by atoms with E-state index in [9.17, 15) is 14.7 Å². The number of ether oxygens (including phenoxy) is 1. The molecule has 1 aliphatic rings. The predicted molar refractivity (Wildman–Crippen MR) is 143 cm³/mol. The van der Waals surface area contributed by atoms with Crippen molar-refractivity contribution in [2.45, 2.75) is 19.4 Å². The molecule has 0 bridgehead atoms. The lowest BCUT2D eigenvalue weighted by atomic mass is 10.1. The number of anilines is 3. The summed E-state index contributed by atoms with van der Waals surface area (Å²) in [7, 11) is 3.45. The van der Waals surface area contributed by atoms with Crippen LogP contribution in [-0.2, 0) is 0 Å². The van der Waals surface area contributed by atoms with Gasteiger partial charge in [0.1, 0.15) is 23.2 Å². The van der Waals surface area contributed by atoms with Gasteiger partial charge in [0.05, 0.1) is 0 Å². The molecule has 0 spiro atoms. The van der Waals surface area contributed by atoms with Crippen molar-refractivity contribution in [1.29, 1.82) is 0 Å². The summed E-state index contributed by atoms with van der Waals surface area (Å²) in [5.74, 6) is 1.50. The van der Waals surface area contributed by atoms with Crippen LogP contribution in [-0.4, -0.2) is 72.2 Å². The lowest BCUT2D eigenvalue weighted by Gasteiger charge is -2.24. The number of carboxylic acid groups (broad SMARTS) is 1. The highest BCUT2D eigenvalue weighted by Crippen LogP contribution is 2.31. The average Bonchev–Trinajstić information content (AvgIpc) is 3.03. The number of nitrogens with one attached hydrogen (secondary N) is 1. The van der Waals surface area contributed by atoms with Crippen LogP contribution in [0.15, 0.2) is 60.8 Å². The molecule has 4 rings (SSSR count). The summed E-state index contributed by atoms with van der Waals surface area (Å²) in [6, 6.07) is 17.1. The number of nitrogens with zero attached hydrogens (tertiary/aromatic N) is 5. The van der Waals surface area contributed by atoms with Gasteiger partial charge in [-0.3, -0.25) is 4.79 Å². The minimum absolute atomic E-state index is 0.178. The van der Waals surface area contributed by atoms with E-state index in [2.05, 4.69) is 15.3 Å². The van der Waals surface area contributed by atoms with Crippen molar-refractivity contribution in [2.24, 2.45) is 0 Å². The largest absolute Gasteiger partial charge is 0.486 e. The van der Waals surface area contributed by atoms with Crippen LogP contribution in [0.5, 0.6) is 5.75 Å². The number of aromatic nitrogens is 2. The molecule has 37 heavy (non-hydrogen) atoms. The number of rotatable bonds is 9. The number of hydrogen-bond acceptors (Lipinski definition) is 7. The fourth-order valence-electron chi connectivity index (χ4n) is 4.16. The van der Waals surface area contributed by atoms with E-state index < -0.39 is 6.09 Å². The van der Waals surface area contributed by atoms with E-state index in [0.29, 0.717) is 61.4 Å². The molecule has 2 N–H and O–H groups in total. The smallest absolute Gasteiger partial charge is 0.407 e. The molecule has 0 fully saturated rings. The van der Waals surface area contributed by atoms with Gasteiger partial charge in [-0.2, -0.15) is 4.98 Å². The van der Waals surface area contributed by atoms with Crippen LogP contribution in [0.3, 0.4) is 0 Å². The highest BCUT2D eigenvalue weighted by atomic mass is 16.5. The van der Waals surface area contributed by atoms with E-state index in [-0.39, 0.29) is 12.0 Å². The maximum absolute atomic E-state index is 13.5. The first-order valence-corrected chi connectivity index (χ1v) is 12.3. The second kappa shape index (κ2) is 11.6. The number of carbonyl (C=O) groups is 2. The molecule has 2 amide bonds. The van der Waals surface area contributed by atoms with Crippen molar-refractivity contribution >= 4 is 29.5 Å². The third-order valence-electron chi connectivity index (χ3n) is 6.23. The number of hydrogen-bond donors (Lipinski definition) is 2. The molecular weight excluding hydrogens is 472 g/mol. The molecule has 194 valence electrons. The maximum Gasteiger partial charge on any atom is 0.407 e. The minimum Gasteiger partial charge on any atom is -0.486 e. The molecule has 0 saturated carbocycles. The van der Waals surface area contributed by atoms with Crippen molar-refractivity contribution in [3.8, 4) is 5.75 Å². The highest BCUT2D eigenvalue weighted by molar-refractivity contribution is 6.09. The Balaban J connectivity index is 1.58. The van der Waals surface area contributed by atoms with Crippen molar-refractivity contribution < 1.29 is 19.4 Å². The van der Waals surface area contributed by atoms with Crippen LogP contribution in [0.4, 0.5) is 22.2 Å². The van der Waals surface area contributed by atoms with Crippen LogP contribution in [0.25, 0.3) is 0 Å². The van der Waals surface area contributed by atoms with Gasteiger partial charge in [0.2, 0.25) is 5.95 Å². The third kappa shape index (κ3) is 6.08. The van der Waals surface area contributed by atoms with Crippen LogP contribution in [0.2, 0.25) is 0 Å². The summed E-state index contributed by atoms with van der Waals surface area (Å²) in [5.41, 5.74) is 2.09. The van der Waals surface area contributed by atoms with Gasteiger partial charge in [0.25, 0.3) is 5.91 Å². The lowest BCUT2D eigenvalue weighted by Crippen LogP contribution is -2.33. The Hall–Kier alpha value is -4.34. The monoisotopic (exact) mass is 504 g/mol. The number of benzene rings is 2. The van der Waals surface area contributed by atoms with Crippen LogP contribution < -0.4 is 19.9 Å². The lowest BCUT2D eigenvalue weighted by molar-refractivity contribution is 0.0989. The summed E-state index contributed by atoms with van der Waals surface area (Å²) in [4.78, 5) is 38.6. The number of amides is 2. The summed E-state index contributed by atoms with van der Waals surface area (Å²) in [6.07, 6.45) is 0.703. The maximum atomic E-state index is 13.5. The molecule has 0 aliphatic carbocycles. The SMILES string of the molecule is CCNc1ncc2c(n1)N(C)CCN(c1cccc(O[C@@H](CCN(C)C(=O)O)c3ccccc3)c1)C2=O. The molecular formula is C27H32N6O4. The Morgan fingerprint density at radius 2 is 1.97 bits per heavy atom. The first-order chi connectivity index (χ1) is 17.9. The Kier molecular flexibility index (Phi) is 8.07.